The molecule has 1 saturated heterocycles. The van der Waals surface area contributed by atoms with Crippen LogP contribution in [-0.4, -0.2) is 55.3 Å². The summed E-state index contributed by atoms with van der Waals surface area (Å²) in [7, 11) is 3.32. The van der Waals surface area contributed by atoms with Gasteiger partial charge in [0.2, 0.25) is 5.95 Å². The number of methoxy groups -OCH3 is 2. The highest BCUT2D eigenvalue weighted by Gasteiger charge is 2.22. The molecule has 2 aliphatic rings. The zero-order chi connectivity index (χ0) is 19.5. The molecule has 0 atom stereocenters. The molecule has 7 heteroatoms. The number of hydrogen-bond acceptors (Lipinski definition) is 6. The SMILES string of the molecule is COc1cccc(CN2CCc3nc(N4CCCC4)[nH]c(=O)c3CC2)c1OC. The predicted molar refractivity (Wildman–Crippen MR) is 109 cm³/mol. The van der Waals surface area contributed by atoms with Crippen molar-refractivity contribution in [2.75, 3.05) is 45.3 Å². The van der Waals surface area contributed by atoms with Gasteiger partial charge in [0.25, 0.3) is 5.56 Å². The lowest BCUT2D eigenvalue weighted by Crippen LogP contribution is -2.27. The van der Waals surface area contributed by atoms with Crippen LogP contribution >= 0.6 is 0 Å². The predicted octanol–water partition coefficient (Wildman–Crippen LogP) is 1.99. The van der Waals surface area contributed by atoms with Crippen LogP contribution in [0.25, 0.3) is 0 Å². The Kier molecular flexibility index (Phi) is 5.52. The topological polar surface area (TPSA) is 70.7 Å². The van der Waals surface area contributed by atoms with Gasteiger partial charge in [0.1, 0.15) is 0 Å². The standard InChI is InChI=1S/C21H28N4O3/c1-27-18-7-5-6-15(19(18)28-2)14-24-12-8-16-17(9-13-24)22-21(23-20(16)26)25-10-3-4-11-25/h5-7H,3-4,8-14H2,1-2H3,(H,22,23,26). The second-order valence-corrected chi connectivity index (χ2v) is 7.44. The highest BCUT2D eigenvalue weighted by molar-refractivity contribution is 5.46. The van der Waals surface area contributed by atoms with Gasteiger partial charge in [0, 0.05) is 50.3 Å². The van der Waals surface area contributed by atoms with Crippen LogP contribution in [0.3, 0.4) is 0 Å². The van der Waals surface area contributed by atoms with Gasteiger partial charge in [0.05, 0.1) is 19.9 Å². The fourth-order valence-corrected chi connectivity index (χ4v) is 4.20. The number of H-pyrrole nitrogens is 1. The number of ether oxygens (including phenoxy) is 2. The van der Waals surface area contributed by atoms with E-state index in [0.29, 0.717) is 6.42 Å². The molecule has 0 spiro atoms. The lowest BCUT2D eigenvalue weighted by atomic mass is 10.1. The maximum atomic E-state index is 12.7. The summed E-state index contributed by atoms with van der Waals surface area (Å²) in [6, 6.07) is 5.96. The Hall–Kier alpha value is -2.54. The molecule has 4 rings (SSSR count). The van der Waals surface area contributed by atoms with Crippen molar-refractivity contribution < 1.29 is 9.47 Å². The third kappa shape index (κ3) is 3.71. The summed E-state index contributed by atoms with van der Waals surface area (Å²) in [6.07, 6.45) is 3.82. The van der Waals surface area contributed by atoms with Gasteiger partial charge in [-0.2, -0.15) is 0 Å². The van der Waals surface area contributed by atoms with Crippen molar-refractivity contribution in [1.82, 2.24) is 14.9 Å². The fraction of sp³-hybridized carbons (Fsp3) is 0.524. The maximum absolute atomic E-state index is 12.7. The van der Waals surface area contributed by atoms with Crippen LogP contribution in [0.4, 0.5) is 5.95 Å². The third-order valence-corrected chi connectivity index (χ3v) is 5.72. The molecule has 0 bridgehead atoms. The number of benzene rings is 1. The second kappa shape index (κ2) is 8.22. The average Bonchev–Trinajstić information content (AvgIpc) is 3.17. The van der Waals surface area contributed by atoms with Crippen molar-refractivity contribution in [3.05, 3.63) is 45.4 Å². The first kappa shape index (κ1) is 18.8. The number of aromatic amines is 1. The van der Waals surface area contributed by atoms with Gasteiger partial charge in [-0.1, -0.05) is 12.1 Å². The Bertz CT molecular complexity index is 890. The van der Waals surface area contributed by atoms with Gasteiger partial charge in [0.15, 0.2) is 11.5 Å². The number of hydrogen-bond donors (Lipinski definition) is 1. The van der Waals surface area contributed by atoms with E-state index in [2.05, 4.69) is 20.9 Å². The van der Waals surface area contributed by atoms with E-state index in [1.54, 1.807) is 14.2 Å². The van der Waals surface area contributed by atoms with Crippen molar-refractivity contribution in [3.63, 3.8) is 0 Å². The minimum atomic E-state index is 0.0210. The maximum Gasteiger partial charge on any atom is 0.255 e. The number of aromatic nitrogens is 2. The molecule has 0 aliphatic carbocycles. The molecular formula is C21H28N4O3. The monoisotopic (exact) mass is 384 g/mol. The molecule has 2 aliphatic heterocycles. The van der Waals surface area contributed by atoms with Crippen LogP contribution in [0.2, 0.25) is 0 Å². The minimum Gasteiger partial charge on any atom is -0.493 e. The number of nitrogens with one attached hydrogen (secondary N) is 1. The molecule has 0 saturated carbocycles. The Morgan fingerprint density at radius 1 is 1.07 bits per heavy atom. The van der Waals surface area contributed by atoms with Crippen LogP contribution in [0, 0.1) is 0 Å². The van der Waals surface area contributed by atoms with E-state index in [9.17, 15) is 4.79 Å². The normalized spacial score (nSPS) is 17.3. The summed E-state index contributed by atoms with van der Waals surface area (Å²) < 4.78 is 11.0. The van der Waals surface area contributed by atoms with E-state index in [-0.39, 0.29) is 5.56 Å². The summed E-state index contributed by atoms with van der Waals surface area (Å²) in [6.45, 7) is 4.39. The Labute approximate surface area is 165 Å². The molecule has 1 N–H and O–H groups in total. The quantitative estimate of drug-likeness (QED) is 0.850. The first-order chi connectivity index (χ1) is 13.7. The van der Waals surface area contributed by atoms with Crippen molar-refractivity contribution in [1.29, 1.82) is 0 Å². The number of nitrogens with zero attached hydrogens (tertiary/aromatic N) is 3. The molecule has 0 unspecified atom stereocenters. The number of para-hydroxylation sites is 1. The van der Waals surface area contributed by atoms with Crippen LogP contribution in [0.15, 0.2) is 23.0 Å². The molecule has 2 aromatic rings. The van der Waals surface area contributed by atoms with Crippen LogP contribution in [0.1, 0.15) is 29.7 Å². The van der Waals surface area contributed by atoms with Gasteiger partial charge < -0.3 is 14.4 Å². The van der Waals surface area contributed by atoms with Crippen LogP contribution in [0.5, 0.6) is 11.5 Å². The molecule has 0 amide bonds. The zero-order valence-electron chi connectivity index (χ0n) is 16.7. The average molecular weight is 384 g/mol. The summed E-state index contributed by atoms with van der Waals surface area (Å²) >= 11 is 0. The smallest absolute Gasteiger partial charge is 0.255 e. The van der Waals surface area contributed by atoms with Gasteiger partial charge in [-0.25, -0.2) is 4.98 Å². The molecule has 1 aromatic carbocycles. The summed E-state index contributed by atoms with van der Waals surface area (Å²) in [5.41, 5.74) is 2.90. The van der Waals surface area contributed by atoms with Gasteiger partial charge in [-0.3, -0.25) is 14.7 Å². The number of fused-ring (bicyclic) bond motifs is 1. The highest BCUT2D eigenvalue weighted by atomic mass is 16.5. The Balaban J connectivity index is 1.52. The minimum absolute atomic E-state index is 0.0210. The van der Waals surface area contributed by atoms with Crippen LogP contribution < -0.4 is 19.9 Å². The first-order valence-corrected chi connectivity index (χ1v) is 9.99. The molecule has 1 aromatic heterocycles. The first-order valence-electron chi connectivity index (χ1n) is 9.99. The lowest BCUT2D eigenvalue weighted by Gasteiger charge is -2.21. The lowest BCUT2D eigenvalue weighted by molar-refractivity contribution is 0.270. The van der Waals surface area contributed by atoms with E-state index >= 15 is 0 Å². The van der Waals surface area contributed by atoms with Crippen molar-refractivity contribution in [3.8, 4) is 11.5 Å². The molecule has 28 heavy (non-hydrogen) atoms. The highest BCUT2D eigenvalue weighted by Crippen LogP contribution is 2.31. The van der Waals surface area contributed by atoms with Crippen LogP contribution in [-0.2, 0) is 19.4 Å². The van der Waals surface area contributed by atoms with E-state index in [4.69, 9.17) is 14.5 Å². The van der Waals surface area contributed by atoms with Crippen molar-refractivity contribution in [2.24, 2.45) is 0 Å². The van der Waals surface area contributed by atoms with E-state index in [1.807, 2.05) is 12.1 Å². The number of rotatable bonds is 5. The molecule has 3 heterocycles. The second-order valence-electron chi connectivity index (χ2n) is 7.44. The summed E-state index contributed by atoms with van der Waals surface area (Å²) in [5, 5.41) is 0. The van der Waals surface area contributed by atoms with Gasteiger partial charge >= 0.3 is 0 Å². The summed E-state index contributed by atoms with van der Waals surface area (Å²) in [5.74, 6) is 2.26. The molecule has 0 radical (unpaired) electrons. The van der Waals surface area contributed by atoms with Gasteiger partial charge in [-0.15, -0.1) is 0 Å². The largest absolute Gasteiger partial charge is 0.493 e. The zero-order valence-corrected chi connectivity index (χ0v) is 16.7. The Morgan fingerprint density at radius 3 is 2.61 bits per heavy atom. The van der Waals surface area contributed by atoms with Gasteiger partial charge in [-0.05, 0) is 25.3 Å². The summed E-state index contributed by atoms with van der Waals surface area (Å²) in [4.78, 5) is 25.0. The third-order valence-electron chi connectivity index (χ3n) is 5.72. The molecule has 150 valence electrons. The Morgan fingerprint density at radius 2 is 1.86 bits per heavy atom. The number of anilines is 1. The van der Waals surface area contributed by atoms with Crippen molar-refractivity contribution in [2.45, 2.75) is 32.2 Å². The molecule has 1 fully saturated rings. The van der Waals surface area contributed by atoms with E-state index in [1.165, 1.54) is 0 Å². The van der Waals surface area contributed by atoms with E-state index in [0.717, 1.165) is 86.3 Å². The molecular weight excluding hydrogens is 356 g/mol. The van der Waals surface area contributed by atoms with Crippen molar-refractivity contribution >= 4 is 5.95 Å². The molecule has 7 nitrogen and oxygen atoms in total. The fourth-order valence-electron chi connectivity index (χ4n) is 4.20. The van der Waals surface area contributed by atoms with E-state index < -0.39 is 0 Å².